The van der Waals surface area contributed by atoms with Crippen LogP contribution in [0.4, 0.5) is 8.78 Å². The lowest BCUT2D eigenvalue weighted by atomic mass is 9.74. The molecule has 2 N–H and O–H groups in total. The predicted octanol–water partition coefficient (Wildman–Crippen LogP) is 1.32. The van der Waals surface area contributed by atoms with E-state index in [1.807, 2.05) is 6.07 Å². The van der Waals surface area contributed by atoms with E-state index in [9.17, 15) is 23.4 Å². The van der Waals surface area contributed by atoms with Crippen LogP contribution in [0.2, 0.25) is 0 Å². The molecule has 0 atom stereocenters. The maximum Gasteiger partial charge on any atom is 0.492 e. The van der Waals surface area contributed by atoms with Gasteiger partial charge in [0.1, 0.15) is 13.2 Å². The standard InChI is InChI=1S/C18H16BF2NO5/c20-17(21)15-13(7-6-12-10-27-19(25)16(12)15)18(24)22-8-14(23)26-9-11-4-2-1-3-5-11/h1-7,17,25H,8-10H2,(H,22,24). The molecule has 0 fully saturated rings. The molecule has 1 aliphatic heterocycles. The molecular weight excluding hydrogens is 359 g/mol. The van der Waals surface area contributed by atoms with Gasteiger partial charge in [-0.2, -0.15) is 0 Å². The van der Waals surface area contributed by atoms with E-state index in [-0.39, 0.29) is 24.2 Å². The Morgan fingerprint density at radius 2 is 1.96 bits per heavy atom. The molecule has 0 aliphatic carbocycles. The highest BCUT2D eigenvalue weighted by Crippen LogP contribution is 2.26. The average molecular weight is 375 g/mol. The third-order valence-corrected chi connectivity index (χ3v) is 4.12. The Kier molecular flexibility index (Phi) is 5.83. The van der Waals surface area contributed by atoms with Crippen LogP contribution in [0.25, 0.3) is 0 Å². The largest absolute Gasteiger partial charge is 0.492 e. The van der Waals surface area contributed by atoms with Crippen molar-refractivity contribution in [1.82, 2.24) is 5.32 Å². The third-order valence-electron chi connectivity index (χ3n) is 4.12. The SMILES string of the molecule is O=C(CNC(=O)c1ccc2c(c1C(F)F)B(O)OC2)OCc1ccccc1. The Hall–Kier alpha value is -2.78. The quantitative estimate of drug-likeness (QED) is 0.588. The zero-order valence-corrected chi connectivity index (χ0v) is 14.2. The second kappa shape index (κ2) is 8.28. The summed E-state index contributed by atoms with van der Waals surface area (Å²) < 4.78 is 36.9. The molecule has 0 unspecified atom stereocenters. The van der Waals surface area contributed by atoms with Crippen molar-refractivity contribution >= 4 is 24.5 Å². The summed E-state index contributed by atoms with van der Waals surface area (Å²) in [6.07, 6.45) is -2.98. The zero-order chi connectivity index (χ0) is 19.4. The normalized spacial score (nSPS) is 12.8. The Morgan fingerprint density at radius 3 is 2.67 bits per heavy atom. The number of alkyl halides is 2. The summed E-state index contributed by atoms with van der Waals surface area (Å²) in [6.45, 7) is -0.436. The first-order valence-corrected chi connectivity index (χ1v) is 8.18. The lowest BCUT2D eigenvalue weighted by Gasteiger charge is -2.14. The van der Waals surface area contributed by atoms with Gasteiger partial charge in [-0.15, -0.1) is 0 Å². The second-order valence-electron chi connectivity index (χ2n) is 5.89. The van der Waals surface area contributed by atoms with Gasteiger partial charge >= 0.3 is 13.1 Å². The van der Waals surface area contributed by atoms with Gasteiger partial charge in [-0.05, 0) is 22.7 Å². The molecule has 0 saturated heterocycles. The maximum absolute atomic E-state index is 13.5. The Morgan fingerprint density at radius 1 is 1.22 bits per heavy atom. The van der Waals surface area contributed by atoms with Gasteiger partial charge < -0.3 is 19.7 Å². The van der Waals surface area contributed by atoms with E-state index in [2.05, 4.69) is 5.32 Å². The monoisotopic (exact) mass is 375 g/mol. The molecule has 2 aromatic carbocycles. The summed E-state index contributed by atoms with van der Waals surface area (Å²) in [4.78, 5) is 24.0. The molecule has 0 radical (unpaired) electrons. The van der Waals surface area contributed by atoms with Crippen LogP contribution in [0.15, 0.2) is 42.5 Å². The molecule has 6 nitrogen and oxygen atoms in total. The lowest BCUT2D eigenvalue weighted by molar-refractivity contribution is -0.143. The molecular formula is C18H16BF2NO5. The van der Waals surface area contributed by atoms with Crippen molar-refractivity contribution < 1.29 is 32.8 Å². The number of fused-ring (bicyclic) bond motifs is 1. The number of carbonyl (C=O) groups excluding carboxylic acids is 2. The minimum absolute atomic E-state index is 0.00999. The number of hydrogen-bond donors (Lipinski definition) is 2. The van der Waals surface area contributed by atoms with Crippen molar-refractivity contribution in [2.24, 2.45) is 0 Å². The number of amides is 1. The first kappa shape index (κ1) is 19.0. The maximum atomic E-state index is 13.5. The minimum Gasteiger partial charge on any atom is -0.460 e. The van der Waals surface area contributed by atoms with E-state index >= 15 is 0 Å². The first-order chi connectivity index (χ1) is 13.0. The van der Waals surface area contributed by atoms with E-state index in [1.165, 1.54) is 12.1 Å². The number of esters is 1. The average Bonchev–Trinajstić information content (AvgIpc) is 3.05. The number of rotatable bonds is 6. The predicted molar refractivity (Wildman–Crippen MR) is 92.4 cm³/mol. The fourth-order valence-electron chi connectivity index (χ4n) is 2.82. The molecule has 9 heteroatoms. The van der Waals surface area contributed by atoms with E-state index in [0.717, 1.165) is 5.56 Å². The number of carbonyl (C=O) groups is 2. The van der Waals surface area contributed by atoms with Crippen LogP contribution in [0.5, 0.6) is 0 Å². The molecule has 0 bridgehead atoms. The van der Waals surface area contributed by atoms with E-state index in [0.29, 0.717) is 5.56 Å². The lowest BCUT2D eigenvalue weighted by Crippen LogP contribution is -2.36. The van der Waals surface area contributed by atoms with Crippen molar-refractivity contribution in [3.63, 3.8) is 0 Å². The molecule has 0 saturated carbocycles. The Labute approximate surface area is 154 Å². The second-order valence-corrected chi connectivity index (χ2v) is 5.89. The van der Waals surface area contributed by atoms with Crippen LogP contribution in [-0.2, 0) is 27.4 Å². The summed E-state index contributed by atoms with van der Waals surface area (Å²) in [7, 11) is -1.51. The van der Waals surface area contributed by atoms with Gasteiger partial charge in [-0.25, -0.2) is 8.78 Å². The number of nitrogens with one attached hydrogen (secondary N) is 1. The van der Waals surface area contributed by atoms with Gasteiger partial charge in [0.15, 0.2) is 0 Å². The molecule has 3 rings (SSSR count). The highest BCUT2D eigenvalue weighted by atomic mass is 19.3. The molecule has 140 valence electrons. The van der Waals surface area contributed by atoms with Crippen molar-refractivity contribution in [3.05, 3.63) is 64.7 Å². The molecule has 1 aliphatic rings. The third kappa shape index (κ3) is 4.32. The van der Waals surface area contributed by atoms with Crippen LogP contribution >= 0.6 is 0 Å². The van der Waals surface area contributed by atoms with Gasteiger partial charge in [0.25, 0.3) is 12.3 Å². The van der Waals surface area contributed by atoms with E-state index in [1.54, 1.807) is 24.3 Å². The fraction of sp³-hybridized carbons (Fsp3) is 0.222. The molecule has 1 heterocycles. The Balaban J connectivity index is 1.64. The van der Waals surface area contributed by atoms with Crippen molar-refractivity contribution in [1.29, 1.82) is 0 Å². The summed E-state index contributed by atoms with van der Waals surface area (Å²) >= 11 is 0. The molecule has 2 aromatic rings. The number of ether oxygens (including phenoxy) is 1. The van der Waals surface area contributed by atoms with Crippen molar-refractivity contribution in [2.45, 2.75) is 19.6 Å². The van der Waals surface area contributed by atoms with Crippen LogP contribution in [0.1, 0.15) is 33.5 Å². The molecule has 0 aromatic heterocycles. The van der Waals surface area contributed by atoms with Gasteiger partial charge in [0.05, 0.1) is 6.61 Å². The van der Waals surface area contributed by atoms with Gasteiger partial charge in [0.2, 0.25) is 0 Å². The topological polar surface area (TPSA) is 84.9 Å². The highest BCUT2D eigenvalue weighted by Gasteiger charge is 2.35. The summed E-state index contributed by atoms with van der Waals surface area (Å²) in [5.74, 6) is -1.56. The van der Waals surface area contributed by atoms with Crippen LogP contribution in [0, 0.1) is 0 Å². The van der Waals surface area contributed by atoms with Gasteiger partial charge in [0, 0.05) is 11.1 Å². The summed E-state index contributed by atoms with van der Waals surface area (Å²) in [6, 6.07) is 11.6. The first-order valence-electron chi connectivity index (χ1n) is 8.18. The highest BCUT2D eigenvalue weighted by molar-refractivity contribution is 6.62. The molecule has 27 heavy (non-hydrogen) atoms. The number of benzene rings is 2. The van der Waals surface area contributed by atoms with Gasteiger partial charge in [-0.1, -0.05) is 36.4 Å². The molecule has 0 spiro atoms. The van der Waals surface area contributed by atoms with Crippen molar-refractivity contribution in [3.8, 4) is 0 Å². The number of hydrogen-bond acceptors (Lipinski definition) is 5. The molecule has 1 amide bonds. The van der Waals surface area contributed by atoms with Crippen LogP contribution in [0.3, 0.4) is 0 Å². The zero-order valence-electron chi connectivity index (χ0n) is 14.2. The van der Waals surface area contributed by atoms with Crippen molar-refractivity contribution in [2.75, 3.05) is 6.54 Å². The Bertz CT molecular complexity index is 847. The summed E-state index contributed by atoms with van der Waals surface area (Å²) in [5.41, 5.74) is 0.183. The minimum atomic E-state index is -2.98. The van der Waals surface area contributed by atoms with Gasteiger partial charge in [-0.3, -0.25) is 9.59 Å². The van der Waals surface area contributed by atoms with E-state index < -0.39 is 37.5 Å². The summed E-state index contributed by atoms with van der Waals surface area (Å²) in [5, 5.41) is 12.0. The van der Waals surface area contributed by atoms with Crippen LogP contribution < -0.4 is 10.8 Å². The smallest absolute Gasteiger partial charge is 0.460 e. The van der Waals surface area contributed by atoms with Crippen LogP contribution in [-0.4, -0.2) is 30.6 Å². The fourth-order valence-corrected chi connectivity index (χ4v) is 2.82. The number of halogens is 2. The van der Waals surface area contributed by atoms with E-state index in [4.69, 9.17) is 9.39 Å².